The van der Waals surface area contributed by atoms with Gasteiger partial charge in [0, 0.05) is 21.5 Å². The van der Waals surface area contributed by atoms with Crippen molar-refractivity contribution >= 4 is 49.3 Å². The zero-order valence-corrected chi connectivity index (χ0v) is 36.9. The molecule has 0 aliphatic rings. The lowest BCUT2D eigenvalue weighted by atomic mass is 9.86. The number of fused-ring (bicyclic) bond motifs is 6. The number of nitrogens with zero attached hydrogens (tertiary/aromatic N) is 3. The molecule has 3 nitrogen and oxygen atoms in total. The van der Waals surface area contributed by atoms with Gasteiger partial charge in [0.1, 0.15) is 0 Å². The van der Waals surface area contributed by atoms with E-state index < -0.39 is 11.7 Å². The molecule has 8 aromatic rings. The van der Waals surface area contributed by atoms with Crippen LogP contribution in [0.5, 0.6) is 0 Å². The van der Waals surface area contributed by atoms with Gasteiger partial charge in [-0.3, -0.25) is 0 Å². The van der Waals surface area contributed by atoms with Gasteiger partial charge in [0.2, 0.25) is 5.69 Å². The molecule has 0 amide bonds. The lowest BCUT2D eigenvalue weighted by Crippen LogP contribution is -2.12. The van der Waals surface area contributed by atoms with Gasteiger partial charge in [0.15, 0.2) is 0 Å². The van der Waals surface area contributed by atoms with Gasteiger partial charge in [-0.25, -0.2) is 4.85 Å². The zero-order valence-electron chi connectivity index (χ0n) is 36.9. The maximum atomic E-state index is 15.1. The smallest absolute Gasteiger partial charge is 0.319 e. The van der Waals surface area contributed by atoms with Crippen molar-refractivity contribution in [3.05, 3.63) is 148 Å². The minimum absolute atomic E-state index is 0.0256. The molecule has 306 valence electrons. The molecule has 0 aliphatic carbocycles. The van der Waals surface area contributed by atoms with Crippen molar-refractivity contribution in [3.8, 4) is 22.5 Å². The van der Waals surface area contributed by atoms with Crippen LogP contribution >= 0.6 is 0 Å². The Labute approximate surface area is 352 Å². The number of rotatable bonds is 3. The van der Waals surface area contributed by atoms with Crippen molar-refractivity contribution in [1.82, 2.24) is 9.13 Å². The highest BCUT2D eigenvalue weighted by Crippen LogP contribution is 2.49. The Balaban J connectivity index is 1.63. The number of halogens is 3. The van der Waals surface area contributed by atoms with E-state index in [0.717, 1.165) is 71.9 Å². The Kier molecular flexibility index (Phi) is 9.29. The van der Waals surface area contributed by atoms with Gasteiger partial charge in [0.25, 0.3) is 0 Å². The molecule has 0 fully saturated rings. The summed E-state index contributed by atoms with van der Waals surface area (Å²) >= 11 is 0. The first-order valence-electron chi connectivity index (χ1n) is 20.8. The summed E-state index contributed by atoms with van der Waals surface area (Å²) in [6.07, 6.45) is -4.63. The fraction of sp³-hybridized carbons (Fsp3) is 0.315. The number of benzene rings is 6. The van der Waals surface area contributed by atoms with Crippen molar-refractivity contribution in [2.75, 3.05) is 0 Å². The Morgan fingerprint density at radius 1 is 0.433 bits per heavy atom. The van der Waals surface area contributed by atoms with E-state index in [-0.39, 0.29) is 32.9 Å². The first kappa shape index (κ1) is 41.0. The lowest BCUT2D eigenvalue weighted by Gasteiger charge is -2.24. The van der Waals surface area contributed by atoms with Crippen LogP contribution in [0.1, 0.15) is 111 Å². The van der Waals surface area contributed by atoms with E-state index >= 15 is 13.2 Å². The molecule has 0 unspecified atom stereocenters. The third kappa shape index (κ3) is 6.77. The molecule has 60 heavy (non-hydrogen) atoms. The van der Waals surface area contributed by atoms with Crippen LogP contribution in [0.4, 0.5) is 18.9 Å². The fourth-order valence-corrected chi connectivity index (χ4v) is 8.67. The zero-order chi connectivity index (χ0) is 43.5. The summed E-state index contributed by atoms with van der Waals surface area (Å²) in [4.78, 5) is 4.40. The van der Waals surface area contributed by atoms with Gasteiger partial charge in [0.05, 0.1) is 45.6 Å². The Morgan fingerprint density at radius 2 is 0.800 bits per heavy atom. The molecular weight excluding hydrogens is 748 g/mol. The second-order valence-corrected chi connectivity index (χ2v) is 20.6. The van der Waals surface area contributed by atoms with Crippen LogP contribution < -0.4 is 0 Å². The standard InChI is InChI=1S/C54H54F3N3/c1-50(2,3)32-18-22-37-38-23-19-33(51(4,5)6)29-45(38)59(44(37)28-32)43-27-26-41(36-16-14-15-17-42(36)54(55,56)57)49(48(43)58-13)60-46-30-34(52(7,8)9)20-24-39(46)40-25-21-35(31-47(40)60)53(10,11)12/h14-31H,1-12H3. The van der Waals surface area contributed by atoms with Gasteiger partial charge < -0.3 is 9.13 Å². The quantitative estimate of drug-likeness (QED) is 0.158. The van der Waals surface area contributed by atoms with Crippen LogP contribution in [0, 0.1) is 6.57 Å². The van der Waals surface area contributed by atoms with Crippen LogP contribution in [0.2, 0.25) is 0 Å². The molecule has 0 saturated heterocycles. The largest absolute Gasteiger partial charge is 0.417 e. The lowest BCUT2D eigenvalue weighted by molar-refractivity contribution is -0.137. The second kappa shape index (κ2) is 13.6. The van der Waals surface area contributed by atoms with Crippen LogP contribution in [0.25, 0.3) is 71.0 Å². The first-order valence-corrected chi connectivity index (χ1v) is 20.8. The third-order valence-corrected chi connectivity index (χ3v) is 12.2. The summed E-state index contributed by atoms with van der Waals surface area (Å²) in [5.41, 5.74) is 8.15. The topological polar surface area (TPSA) is 14.2 Å². The van der Waals surface area contributed by atoms with Crippen LogP contribution in [0.15, 0.2) is 109 Å². The third-order valence-electron chi connectivity index (χ3n) is 12.2. The molecule has 0 N–H and O–H groups in total. The molecule has 2 heterocycles. The van der Waals surface area contributed by atoms with E-state index in [1.54, 1.807) is 6.07 Å². The van der Waals surface area contributed by atoms with Gasteiger partial charge in [-0.15, -0.1) is 0 Å². The second-order valence-electron chi connectivity index (χ2n) is 20.6. The highest BCUT2D eigenvalue weighted by molar-refractivity contribution is 6.13. The predicted octanol–water partition coefficient (Wildman–Crippen LogP) is 16.3. The molecule has 6 aromatic carbocycles. The Bertz CT molecular complexity index is 2920. The Hall–Kier alpha value is -5.80. The summed E-state index contributed by atoms with van der Waals surface area (Å²) in [7, 11) is 0. The summed E-state index contributed by atoms with van der Waals surface area (Å²) in [5, 5.41) is 4.03. The van der Waals surface area contributed by atoms with E-state index in [0.29, 0.717) is 16.9 Å². The predicted molar refractivity (Wildman–Crippen MR) is 247 cm³/mol. The van der Waals surface area contributed by atoms with Crippen LogP contribution in [-0.4, -0.2) is 9.13 Å². The van der Waals surface area contributed by atoms with Gasteiger partial charge in [-0.05, 0) is 91.4 Å². The molecule has 2 aromatic heterocycles. The van der Waals surface area contributed by atoms with Crippen molar-refractivity contribution in [2.45, 2.75) is 111 Å². The highest BCUT2D eigenvalue weighted by atomic mass is 19.4. The van der Waals surface area contributed by atoms with E-state index in [1.165, 1.54) is 12.1 Å². The maximum Gasteiger partial charge on any atom is 0.417 e. The number of aromatic nitrogens is 2. The normalized spacial score (nSPS) is 13.2. The van der Waals surface area contributed by atoms with E-state index in [9.17, 15) is 0 Å². The van der Waals surface area contributed by atoms with Crippen LogP contribution in [0.3, 0.4) is 0 Å². The van der Waals surface area contributed by atoms with Crippen LogP contribution in [-0.2, 0) is 27.8 Å². The molecule has 0 saturated carbocycles. The average Bonchev–Trinajstić information content (AvgIpc) is 3.66. The van der Waals surface area contributed by atoms with Crippen molar-refractivity contribution in [1.29, 1.82) is 0 Å². The molecule has 0 spiro atoms. The summed E-state index contributed by atoms with van der Waals surface area (Å²) < 4.78 is 49.6. The van der Waals surface area contributed by atoms with Gasteiger partial charge in [-0.2, -0.15) is 13.2 Å². The SMILES string of the molecule is [C-]#[N+]c1c(-n2c3cc(C(C)(C)C)ccc3c3ccc(C(C)(C)C)cc32)ccc(-c2ccccc2C(F)(F)F)c1-n1c2cc(C(C)(C)C)ccc2c2ccc(C(C)(C)C)cc21. The van der Waals surface area contributed by atoms with Crippen molar-refractivity contribution < 1.29 is 13.2 Å². The molecule has 0 aliphatic heterocycles. The minimum atomic E-state index is -4.63. The molecule has 6 heteroatoms. The molecule has 0 atom stereocenters. The molecular formula is C54H54F3N3. The van der Waals surface area contributed by atoms with Gasteiger partial charge >= 0.3 is 6.18 Å². The highest BCUT2D eigenvalue weighted by Gasteiger charge is 2.35. The molecule has 0 radical (unpaired) electrons. The van der Waals surface area contributed by atoms with E-state index in [4.69, 9.17) is 6.57 Å². The van der Waals surface area contributed by atoms with Gasteiger partial charge in [-0.1, -0.05) is 156 Å². The summed E-state index contributed by atoms with van der Waals surface area (Å²) in [6, 6.07) is 35.5. The summed E-state index contributed by atoms with van der Waals surface area (Å²) in [5.74, 6) is 0. The Morgan fingerprint density at radius 3 is 1.15 bits per heavy atom. The molecule has 0 bridgehead atoms. The first-order chi connectivity index (χ1) is 27.9. The minimum Gasteiger partial charge on any atom is -0.319 e. The van der Waals surface area contributed by atoms with E-state index in [2.05, 4.69) is 170 Å². The number of alkyl halides is 3. The number of hydrogen-bond donors (Lipinski definition) is 0. The summed E-state index contributed by atoms with van der Waals surface area (Å²) in [6.45, 7) is 35.2. The monoisotopic (exact) mass is 801 g/mol. The van der Waals surface area contributed by atoms with Crippen molar-refractivity contribution in [3.63, 3.8) is 0 Å². The average molecular weight is 802 g/mol. The maximum absolute atomic E-state index is 15.1. The number of hydrogen-bond acceptors (Lipinski definition) is 0. The van der Waals surface area contributed by atoms with Crippen molar-refractivity contribution in [2.24, 2.45) is 0 Å². The van der Waals surface area contributed by atoms with E-state index in [1.807, 2.05) is 12.1 Å². The molecule has 8 rings (SSSR count). The fourth-order valence-electron chi connectivity index (χ4n) is 8.67.